The zero-order valence-corrected chi connectivity index (χ0v) is 19.9. The van der Waals surface area contributed by atoms with Crippen molar-refractivity contribution in [1.29, 1.82) is 0 Å². The number of nitrogens with zero attached hydrogens (tertiary/aromatic N) is 1. The van der Waals surface area contributed by atoms with Gasteiger partial charge in [0.2, 0.25) is 5.91 Å². The molecule has 1 fully saturated rings. The summed E-state index contributed by atoms with van der Waals surface area (Å²) in [6, 6.07) is 9.21. The Morgan fingerprint density at radius 1 is 1.10 bits per heavy atom. The molecule has 30 heavy (non-hydrogen) atoms. The highest BCUT2D eigenvalue weighted by molar-refractivity contribution is 9.10. The van der Waals surface area contributed by atoms with E-state index in [1.165, 1.54) is 0 Å². The average Bonchev–Trinajstić information content (AvgIpc) is 2.92. The van der Waals surface area contributed by atoms with Gasteiger partial charge in [0.05, 0.1) is 5.69 Å². The molecule has 0 aliphatic carbocycles. The highest BCUT2D eigenvalue weighted by Gasteiger charge is 2.35. The van der Waals surface area contributed by atoms with Crippen molar-refractivity contribution in [3.05, 3.63) is 34.8 Å². The van der Waals surface area contributed by atoms with E-state index in [4.69, 9.17) is 9.47 Å². The topological polar surface area (TPSA) is 67.9 Å². The van der Waals surface area contributed by atoms with Crippen molar-refractivity contribution in [1.82, 2.24) is 5.32 Å². The molecule has 2 amide bonds. The van der Waals surface area contributed by atoms with Crippen molar-refractivity contribution in [2.45, 2.75) is 65.2 Å². The Bertz CT molecular complexity index is 976. The van der Waals surface area contributed by atoms with Crippen LogP contribution in [0.4, 0.5) is 10.5 Å². The largest absolute Gasteiger partial charge is 0.488 e. The van der Waals surface area contributed by atoms with E-state index in [1.54, 1.807) is 25.7 Å². The first-order valence-electron chi connectivity index (χ1n) is 10.1. The molecule has 1 aliphatic heterocycles. The number of alkyl carbamates (subject to hydrolysis) is 1. The number of hydrogen-bond acceptors (Lipinski definition) is 4. The maximum Gasteiger partial charge on any atom is 0.408 e. The Morgan fingerprint density at radius 2 is 1.80 bits per heavy atom. The van der Waals surface area contributed by atoms with Gasteiger partial charge in [-0.25, -0.2) is 4.79 Å². The van der Waals surface area contributed by atoms with Gasteiger partial charge in [-0.2, -0.15) is 0 Å². The first kappa shape index (κ1) is 22.4. The van der Waals surface area contributed by atoms with Gasteiger partial charge in [-0.15, -0.1) is 0 Å². The summed E-state index contributed by atoms with van der Waals surface area (Å²) in [5.74, 6) is 0.594. The fourth-order valence-corrected chi connectivity index (χ4v) is 3.89. The first-order chi connectivity index (χ1) is 13.8. The number of hydrogen-bond donors (Lipinski definition) is 1. The van der Waals surface area contributed by atoms with Crippen molar-refractivity contribution in [2.24, 2.45) is 0 Å². The third-order valence-electron chi connectivity index (χ3n) is 4.48. The third kappa shape index (κ3) is 5.45. The second-order valence-electron chi connectivity index (χ2n) is 9.50. The van der Waals surface area contributed by atoms with Gasteiger partial charge in [-0.3, -0.25) is 4.79 Å². The number of rotatable bonds is 3. The average molecular weight is 477 g/mol. The fourth-order valence-electron chi connectivity index (χ4n) is 3.42. The molecule has 2 aromatic rings. The monoisotopic (exact) mass is 476 g/mol. The highest BCUT2D eigenvalue weighted by atomic mass is 79.9. The molecule has 7 heteroatoms. The summed E-state index contributed by atoms with van der Waals surface area (Å²) < 4.78 is 12.2. The number of halogens is 1. The molecule has 0 radical (unpaired) electrons. The van der Waals surface area contributed by atoms with Gasteiger partial charge in [-0.1, -0.05) is 22.0 Å². The number of carbonyl (C=O) groups excluding carboxylic acids is 2. The molecule has 162 valence electrons. The van der Waals surface area contributed by atoms with E-state index in [9.17, 15) is 9.59 Å². The maximum atomic E-state index is 13.1. The predicted octanol–water partition coefficient (Wildman–Crippen LogP) is 5.41. The molecular weight excluding hydrogens is 448 g/mol. The van der Waals surface area contributed by atoms with Crippen molar-refractivity contribution >= 4 is 44.4 Å². The van der Waals surface area contributed by atoms with Crippen LogP contribution < -0.4 is 15.0 Å². The number of anilines is 1. The SMILES string of the molecule is CC(C)(C)OC(=O)N[C@H]1CCN(c2cc(Br)cc3ccc(OC(C)(C)C)cc23)C1=O. The number of fused-ring (bicyclic) bond motifs is 1. The van der Waals surface area contributed by atoms with Crippen molar-refractivity contribution in [2.75, 3.05) is 11.4 Å². The van der Waals surface area contributed by atoms with E-state index in [0.717, 1.165) is 26.7 Å². The Labute approximate surface area is 186 Å². The molecular formula is C23H29BrN2O4. The standard InChI is InChI=1S/C23H29BrN2O4/c1-22(2,3)29-16-8-7-14-11-15(24)12-19(17(14)13-16)26-10-9-18(20(26)27)25-21(28)30-23(4,5)6/h7-8,11-13,18H,9-10H2,1-6H3,(H,25,28)/t18-/m0/s1. The van der Waals surface area contributed by atoms with E-state index in [-0.39, 0.29) is 11.5 Å². The summed E-state index contributed by atoms with van der Waals surface area (Å²) in [5, 5.41) is 4.62. The Hall–Kier alpha value is -2.28. The first-order valence-corrected chi connectivity index (χ1v) is 10.8. The van der Waals surface area contributed by atoms with E-state index in [1.807, 2.05) is 51.1 Å². The molecule has 0 aromatic heterocycles. The second kappa shape index (κ2) is 8.10. The third-order valence-corrected chi connectivity index (χ3v) is 4.94. The van der Waals surface area contributed by atoms with Crippen LogP contribution in [0.3, 0.4) is 0 Å². The maximum absolute atomic E-state index is 13.1. The van der Waals surface area contributed by atoms with E-state index < -0.39 is 17.7 Å². The Balaban J connectivity index is 1.89. The van der Waals surface area contributed by atoms with Gasteiger partial charge < -0.3 is 19.7 Å². The van der Waals surface area contributed by atoms with Gasteiger partial charge in [0, 0.05) is 16.4 Å². The van der Waals surface area contributed by atoms with Gasteiger partial charge in [-0.05, 0) is 77.6 Å². The lowest BCUT2D eigenvalue weighted by atomic mass is 10.1. The van der Waals surface area contributed by atoms with Crippen LogP contribution in [-0.2, 0) is 9.53 Å². The highest BCUT2D eigenvalue weighted by Crippen LogP contribution is 2.36. The Kier molecular flexibility index (Phi) is 6.05. The number of amides is 2. The van der Waals surface area contributed by atoms with E-state index in [0.29, 0.717) is 13.0 Å². The number of nitrogens with one attached hydrogen (secondary N) is 1. The van der Waals surface area contributed by atoms with Crippen LogP contribution >= 0.6 is 15.9 Å². The van der Waals surface area contributed by atoms with Crippen molar-refractivity contribution in [3.63, 3.8) is 0 Å². The summed E-state index contributed by atoms with van der Waals surface area (Å²) in [7, 11) is 0. The Morgan fingerprint density at radius 3 is 2.43 bits per heavy atom. The minimum Gasteiger partial charge on any atom is -0.488 e. The van der Waals surface area contributed by atoms with E-state index >= 15 is 0 Å². The van der Waals surface area contributed by atoms with Crippen LogP contribution in [0.25, 0.3) is 10.8 Å². The molecule has 1 atom stereocenters. The number of ether oxygens (including phenoxy) is 2. The van der Waals surface area contributed by atoms with Crippen LogP contribution in [0.2, 0.25) is 0 Å². The molecule has 2 aromatic carbocycles. The lowest BCUT2D eigenvalue weighted by Gasteiger charge is -2.24. The molecule has 3 rings (SSSR count). The summed E-state index contributed by atoms with van der Waals surface area (Å²) >= 11 is 3.55. The molecule has 1 saturated heterocycles. The van der Waals surface area contributed by atoms with E-state index in [2.05, 4.69) is 21.2 Å². The van der Waals surface area contributed by atoms with Gasteiger partial charge in [0.25, 0.3) is 0 Å². The molecule has 0 unspecified atom stereocenters. The number of benzene rings is 2. The van der Waals surface area contributed by atoms with Gasteiger partial charge in [0.15, 0.2) is 0 Å². The summed E-state index contributed by atoms with van der Waals surface area (Å²) in [6.45, 7) is 11.9. The lowest BCUT2D eigenvalue weighted by molar-refractivity contribution is -0.118. The molecule has 1 N–H and O–H groups in total. The zero-order chi connectivity index (χ0) is 22.3. The van der Waals surface area contributed by atoms with Crippen molar-refractivity contribution < 1.29 is 19.1 Å². The van der Waals surface area contributed by atoms with Crippen LogP contribution in [0.1, 0.15) is 48.0 Å². The quantitative estimate of drug-likeness (QED) is 0.642. The minimum atomic E-state index is -0.616. The predicted molar refractivity (Wildman–Crippen MR) is 122 cm³/mol. The molecule has 1 aliphatic rings. The molecule has 1 heterocycles. The molecule has 0 saturated carbocycles. The molecule has 6 nitrogen and oxygen atoms in total. The van der Waals surface area contributed by atoms with Crippen LogP contribution in [0.5, 0.6) is 5.75 Å². The van der Waals surface area contributed by atoms with Crippen LogP contribution in [0.15, 0.2) is 34.8 Å². The number of carbonyl (C=O) groups is 2. The minimum absolute atomic E-state index is 0.151. The normalized spacial score (nSPS) is 17.4. The lowest BCUT2D eigenvalue weighted by Crippen LogP contribution is -2.43. The summed E-state index contributed by atoms with van der Waals surface area (Å²) in [4.78, 5) is 26.9. The summed E-state index contributed by atoms with van der Waals surface area (Å²) in [6.07, 6.45) is -0.0627. The fraction of sp³-hybridized carbons (Fsp3) is 0.478. The molecule has 0 bridgehead atoms. The summed E-state index contributed by atoms with van der Waals surface area (Å²) in [5.41, 5.74) is -0.151. The van der Waals surface area contributed by atoms with Crippen LogP contribution in [-0.4, -0.2) is 35.8 Å². The molecule has 0 spiro atoms. The second-order valence-corrected chi connectivity index (χ2v) is 10.4. The van der Waals surface area contributed by atoms with Crippen LogP contribution in [0, 0.1) is 0 Å². The zero-order valence-electron chi connectivity index (χ0n) is 18.3. The van der Waals surface area contributed by atoms with Crippen molar-refractivity contribution in [3.8, 4) is 5.75 Å². The van der Waals surface area contributed by atoms with Gasteiger partial charge >= 0.3 is 6.09 Å². The van der Waals surface area contributed by atoms with Gasteiger partial charge in [0.1, 0.15) is 23.0 Å². The smallest absolute Gasteiger partial charge is 0.408 e.